The zero-order valence-electron chi connectivity index (χ0n) is 23.3. The molecule has 5 heteroatoms. The van der Waals surface area contributed by atoms with Gasteiger partial charge in [-0.2, -0.15) is 11.4 Å². The molecule has 0 fully saturated rings. The molecule has 0 aromatic carbocycles. The van der Waals surface area contributed by atoms with Crippen molar-refractivity contribution in [2.45, 2.75) is 83.1 Å². The van der Waals surface area contributed by atoms with Crippen molar-refractivity contribution in [2.75, 3.05) is 0 Å². The second kappa shape index (κ2) is 11.0. The fourth-order valence-corrected chi connectivity index (χ4v) is 4.07. The van der Waals surface area contributed by atoms with Gasteiger partial charge in [0.1, 0.15) is 0 Å². The van der Waals surface area contributed by atoms with E-state index < -0.39 is 0 Å². The Hall–Kier alpha value is -2.63. The molecule has 0 atom stereocenters. The molecule has 0 N–H and O–H groups in total. The summed E-state index contributed by atoms with van der Waals surface area (Å²) in [6, 6.07) is 0. The van der Waals surface area contributed by atoms with Gasteiger partial charge < -0.3 is 9.97 Å². The van der Waals surface area contributed by atoms with Gasteiger partial charge in [0.2, 0.25) is 0 Å². The van der Waals surface area contributed by atoms with Crippen LogP contribution < -0.4 is 9.97 Å². The van der Waals surface area contributed by atoms with Crippen LogP contribution in [0.4, 0.5) is 0 Å². The Balaban J connectivity index is 0.000000240. The largest absolute Gasteiger partial charge is 2.00 e. The van der Waals surface area contributed by atoms with Gasteiger partial charge >= 0.3 is 16.8 Å². The minimum atomic E-state index is 0. The number of hydrogen-bond acceptors (Lipinski definition) is 2. The van der Waals surface area contributed by atoms with Crippen LogP contribution >= 0.6 is 0 Å². The number of rotatable bonds is 2. The van der Waals surface area contributed by atoms with Crippen LogP contribution in [0, 0.1) is 41.5 Å². The molecule has 0 saturated carbocycles. The van der Waals surface area contributed by atoms with Gasteiger partial charge in [0.05, 0.1) is 11.4 Å². The van der Waals surface area contributed by atoms with Crippen LogP contribution in [-0.2, 0) is 16.8 Å². The Morgan fingerprint density at radius 3 is 0.971 bits per heavy atom. The summed E-state index contributed by atoms with van der Waals surface area (Å²) in [4.78, 5) is 18.4. The summed E-state index contributed by atoms with van der Waals surface area (Å²) in [5.74, 6) is 0. The molecule has 35 heavy (non-hydrogen) atoms. The third-order valence-electron chi connectivity index (χ3n) is 7.66. The molecule has 2 aromatic heterocycles. The first kappa shape index (κ1) is 28.6. The second-order valence-electron chi connectivity index (χ2n) is 9.62. The maximum Gasteiger partial charge on any atom is 2.00 e. The Bertz CT molecular complexity index is 1240. The van der Waals surface area contributed by atoms with Crippen molar-refractivity contribution in [3.8, 4) is 0 Å². The first-order valence-corrected chi connectivity index (χ1v) is 11.9. The molecular formula is C30H38CoN4. The Kier molecular flexibility index (Phi) is 8.96. The third kappa shape index (κ3) is 5.62. The molecule has 187 valence electrons. The van der Waals surface area contributed by atoms with Gasteiger partial charge in [-0.05, 0) is 91.5 Å². The predicted molar refractivity (Wildman–Crippen MR) is 147 cm³/mol. The number of allylic oxidation sites excluding steroid dienone is 4. The van der Waals surface area contributed by atoms with Crippen molar-refractivity contribution in [3.05, 3.63) is 78.7 Å². The summed E-state index contributed by atoms with van der Waals surface area (Å²) in [6.45, 7) is 25.2. The average molecular weight is 514 g/mol. The first-order valence-electron chi connectivity index (χ1n) is 11.9. The standard InChI is InChI=1S/2C15H19N2.Co/c2*1-8-10(3)14(16-12(8)5)7-15-11(4)9(2)13(6)17-15;/h2*7H,1-6H3;/q2*-1;+2/b2*14-7-;. The van der Waals surface area contributed by atoms with E-state index in [9.17, 15) is 0 Å². The summed E-state index contributed by atoms with van der Waals surface area (Å²) in [6.07, 6.45) is 4.20. The SMILES string of the molecule is CC1=N/C(=C\c2[n-]c(C)c(C)c2C)C(C)=C1C.CC1=N/C(=C\c2[n-]c(C)c(C)c2C)C(C)=C1C.[Co+2]. The minimum Gasteiger partial charge on any atom is -0.661 e. The summed E-state index contributed by atoms with van der Waals surface area (Å²) < 4.78 is 0. The molecular weight excluding hydrogens is 475 g/mol. The van der Waals surface area contributed by atoms with E-state index in [0.29, 0.717) is 0 Å². The van der Waals surface area contributed by atoms with Crippen LogP contribution in [0.15, 0.2) is 43.7 Å². The van der Waals surface area contributed by atoms with Crippen LogP contribution in [-0.4, -0.2) is 11.4 Å². The van der Waals surface area contributed by atoms with E-state index in [1.54, 1.807) is 0 Å². The molecule has 0 amide bonds. The van der Waals surface area contributed by atoms with Crippen LogP contribution in [0.5, 0.6) is 0 Å². The quantitative estimate of drug-likeness (QED) is 0.419. The maximum absolute atomic E-state index is 4.59. The first-order chi connectivity index (χ1) is 15.8. The monoisotopic (exact) mass is 513 g/mol. The topological polar surface area (TPSA) is 52.9 Å². The minimum absolute atomic E-state index is 0. The average Bonchev–Trinajstić information content (AvgIpc) is 3.37. The second-order valence-corrected chi connectivity index (χ2v) is 9.62. The molecule has 0 spiro atoms. The van der Waals surface area contributed by atoms with E-state index >= 15 is 0 Å². The van der Waals surface area contributed by atoms with Gasteiger partial charge in [-0.3, -0.25) is 9.98 Å². The fraction of sp³-hybridized carbons (Fsp3) is 0.400. The molecule has 2 aromatic rings. The summed E-state index contributed by atoms with van der Waals surface area (Å²) >= 11 is 0. The molecule has 4 nitrogen and oxygen atoms in total. The van der Waals surface area contributed by atoms with E-state index in [2.05, 4.69) is 115 Å². The summed E-state index contributed by atoms with van der Waals surface area (Å²) in [5, 5.41) is 0. The number of nitrogens with zero attached hydrogens (tertiary/aromatic N) is 4. The van der Waals surface area contributed by atoms with Crippen LogP contribution in [0.2, 0.25) is 0 Å². The van der Waals surface area contributed by atoms with Gasteiger partial charge in [-0.1, -0.05) is 48.3 Å². The van der Waals surface area contributed by atoms with Gasteiger partial charge in [0.15, 0.2) is 0 Å². The van der Waals surface area contributed by atoms with Crippen molar-refractivity contribution < 1.29 is 16.8 Å². The zero-order valence-corrected chi connectivity index (χ0v) is 24.3. The van der Waals surface area contributed by atoms with Crippen LogP contribution in [0.25, 0.3) is 12.2 Å². The fourth-order valence-electron chi connectivity index (χ4n) is 4.07. The molecule has 0 unspecified atom stereocenters. The number of aliphatic imine (C=N–C) groups is 2. The van der Waals surface area contributed by atoms with Gasteiger partial charge in [0.25, 0.3) is 0 Å². The molecule has 2 aliphatic rings. The molecule has 4 heterocycles. The molecule has 4 rings (SSSR count). The van der Waals surface area contributed by atoms with Crippen molar-refractivity contribution in [2.24, 2.45) is 9.98 Å². The van der Waals surface area contributed by atoms with Crippen molar-refractivity contribution in [1.29, 1.82) is 0 Å². The van der Waals surface area contributed by atoms with E-state index in [-0.39, 0.29) is 16.8 Å². The molecule has 1 radical (unpaired) electrons. The Morgan fingerprint density at radius 2 is 0.771 bits per heavy atom. The maximum atomic E-state index is 4.59. The molecule has 2 aliphatic heterocycles. The Morgan fingerprint density at radius 1 is 0.457 bits per heavy atom. The normalized spacial score (nSPS) is 17.7. The van der Waals surface area contributed by atoms with E-state index in [1.807, 2.05) is 0 Å². The summed E-state index contributed by atoms with van der Waals surface area (Å²) in [5.41, 5.74) is 18.9. The molecule has 0 saturated heterocycles. The van der Waals surface area contributed by atoms with E-state index in [0.717, 1.165) is 45.6 Å². The van der Waals surface area contributed by atoms with Crippen molar-refractivity contribution >= 4 is 23.6 Å². The van der Waals surface area contributed by atoms with Gasteiger partial charge in [-0.15, -0.1) is 11.4 Å². The predicted octanol–water partition coefficient (Wildman–Crippen LogP) is 7.44. The third-order valence-corrected chi connectivity index (χ3v) is 7.66. The number of hydrogen-bond donors (Lipinski definition) is 0. The van der Waals surface area contributed by atoms with E-state index in [1.165, 1.54) is 44.5 Å². The van der Waals surface area contributed by atoms with Crippen LogP contribution in [0.1, 0.15) is 86.6 Å². The van der Waals surface area contributed by atoms with Crippen LogP contribution in [0.3, 0.4) is 0 Å². The van der Waals surface area contributed by atoms with Crippen molar-refractivity contribution in [3.63, 3.8) is 0 Å². The summed E-state index contributed by atoms with van der Waals surface area (Å²) in [7, 11) is 0. The number of aromatic nitrogens is 2. The molecule has 0 aliphatic carbocycles. The number of aryl methyl sites for hydroxylation is 2. The molecule has 0 bridgehead atoms. The van der Waals surface area contributed by atoms with E-state index in [4.69, 9.17) is 0 Å². The zero-order chi connectivity index (χ0) is 25.5. The van der Waals surface area contributed by atoms with Gasteiger partial charge in [0, 0.05) is 11.4 Å². The van der Waals surface area contributed by atoms with Crippen molar-refractivity contribution in [1.82, 2.24) is 9.97 Å². The van der Waals surface area contributed by atoms with Gasteiger partial charge in [-0.25, -0.2) is 0 Å². The Labute approximate surface area is 221 Å². The smallest absolute Gasteiger partial charge is 0.661 e.